The van der Waals surface area contributed by atoms with Crippen LogP contribution < -0.4 is 10.6 Å². The van der Waals surface area contributed by atoms with Gasteiger partial charge in [-0.05, 0) is 0 Å². The summed E-state index contributed by atoms with van der Waals surface area (Å²) in [5.41, 5.74) is 0.753. The molecular weight excluding hydrogens is 291 g/mol. The Morgan fingerprint density at radius 3 is 1.67 bits per heavy atom. The van der Waals surface area contributed by atoms with Gasteiger partial charge in [-0.2, -0.15) is 0 Å². The van der Waals surface area contributed by atoms with Crippen LogP contribution in [0.3, 0.4) is 0 Å². The zero-order valence-electron chi connectivity index (χ0n) is 11.1. The molecule has 2 aromatic rings. The van der Waals surface area contributed by atoms with Crippen molar-refractivity contribution in [3.8, 4) is 0 Å². The van der Waals surface area contributed by atoms with Crippen LogP contribution in [-0.2, 0) is 13.6 Å². The summed E-state index contributed by atoms with van der Waals surface area (Å²) in [5.74, 6) is -1.07. The first-order valence-corrected chi connectivity index (χ1v) is 8.36. The summed E-state index contributed by atoms with van der Waals surface area (Å²) in [6, 6.07) is 13.7. The van der Waals surface area contributed by atoms with Crippen LogP contribution >= 0.6 is 7.28 Å². The monoisotopic (exact) mass is 302 g/mol. The van der Waals surface area contributed by atoms with Crippen LogP contribution in [0.15, 0.2) is 48.5 Å². The second kappa shape index (κ2) is 3.70. The molecule has 2 aliphatic rings. The third-order valence-corrected chi connectivity index (χ3v) is 8.01. The zero-order valence-corrected chi connectivity index (χ0v) is 12.0. The molecule has 2 aliphatic heterocycles. The Morgan fingerprint density at radius 1 is 0.810 bits per heavy atom. The van der Waals surface area contributed by atoms with Crippen molar-refractivity contribution in [1.29, 1.82) is 0 Å². The van der Waals surface area contributed by atoms with E-state index in [1.807, 2.05) is 0 Å². The van der Waals surface area contributed by atoms with Gasteiger partial charge in [-0.25, -0.2) is 0 Å². The first-order valence-electron chi connectivity index (χ1n) is 6.37. The minimum atomic E-state index is -4.16. The maximum absolute atomic E-state index is 12.2. The number of rotatable bonds is 1. The van der Waals surface area contributed by atoms with Crippen LogP contribution in [0.4, 0.5) is 0 Å². The summed E-state index contributed by atoms with van der Waals surface area (Å²) in [7, 11) is -2.75. The predicted octanol–water partition coefficient (Wildman–Crippen LogP) is 1.92. The zero-order chi connectivity index (χ0) is 14.7. The number of fused-ring (bicyclic) bond motifs is 4. The standard InChI is InChI=1S/C15H11O5P/c1-18-21(12-8-4-2-6-10(12)14(16)19-21)13-9-5-3-7-11(13)15(17)20-21/h2-9H,1H3. The Labute approximate surface area is 120 Å². The molecule has 106 valence electrons. The van der Waals surface area contributed by atoms with Crippen molar-refractivity contribution in [2.45, 2.75) is 0 Å². The Hall–Kier alpha value is -2.23. The van der Waals surface area contributed by atoms with Crippen LogP contribution in [-0.4, -0.2) is 19.0 Å². The molecule has 0 saturated carbocycles. The minimum absolute atomic E-state index is 0.376. The van der Waals surface area contributed by atoms with Crippen molar-refractivity contribution >= 4 is 29.8 Å². The van der Waals surface area contributed by atoms with Gasteiger partial charge in [0.25, 0.3) is 0 Å². The van der Waals surface area contributed by atoms with Gasteiger partial charge in [0.05, 0.1) is 0 Å². The molecule has 0 radical (unpaired) electrons. The van der Waals surface area contributed by atoms with Crippen molar-refractivity contribution in [3.63, 3.8) is 0 Å². The van der Waals surface area contributed by atoms with E-state index in [0.717, 1.165) is 0 Å². The summed E-state index contributed by atoms with van der Waals surface area (Å²) < 4.78 is 17.0. The molecule has 4 rings (SSSR count). The second-order valence-corrected chi connectivity index (χ2v) is 8.32. The molecule has 0 N–H and O–H groups in total. The van der Waals surface area contributed by atoms with Gasteiger partial charge in [0.1, 0.15) is 0 Å². The second-order valence-electron chi connectivity index (χ2n) is 4.86. The van der Waals surface area contributed by atoms with Crippen LogP contribution in [0.5, 0.6) is 0 Å². The summed E-state index contributed by atoms with van der Waals surface area (Å²) >= 11 is 0. The third kappa shape index (κ3) is 1.24. The molecule has 1 spiro atoms. The first-order chi connectivity index (χ1) is 10.1. The molecule has 6 heteroatoms. The SMILES string of the molecule is COP12(OC(=O)c3ccccc31)OC(=O)c1ccccc12. The molecule has 0 saturated heterocycles. The van der Waals surface area contributed by atoms with Crippen molar-refractivity contribution < 1.29 is 23.2 Å². The van der Waals surface area contributed by atoms with Gasteiger partial charge in [0.2, 0.25) is 0 Å². The van der Waals surface area contributed by atoms with Crippen LogP contribution in [0.2, 0.25) is 0 Å². The number of carbonyl (C=O) groups excluding carboxylic acids is 2. The van der Waals surface area contributed by atoms with Crippen molar-refractivity contribution in [2.24, 2.45) is 0 Å². The average Bonchev–Trinajstić information content (AvgIpc) is 2.93. The predicted molar refractivity (Wildman–Crippen MR) is 76.9 cm³/mol. The van der Waals surface area contributed by atoms with Gasteiger partial charge in [0.15, 0.2) is 0 Å². The van der Waals surface area contributed by atoms with Crippen molar-refractivity contribution in [1.82, 2.24) is 0 Å². The number of hydrogen-bond acceptors (Lipinski definition) is 5. The van der Waals surface area contributed by atoms with E-state index < -0.39 is 19.2 Å². The molecule has 0 aromatic heterocycles. The van der Waals surface area contributed by atoms with Gasteiger partial charge in [-0.15, -0.1) is 0 Å². The molecule has 0 atom stereocenters. The van der Waals surface area contributed by atoms with Crippen LogP contribution in [0.25, 0.3) is 0 Å². The van der Waals surface area contributed by atoms with Gasteiger partial charge in [-0.1, -0.05) is 0 Å². The molecule has 5 nitrogen and oxygen atoms in total. The fraction of sp³-hybridized carbons (Fsp3) is 0.0667. The van der Waals surface area contributed by atoms with E-state index in [1.165, 1.54) is 7.11 Å². The Bertz CT molecular complexity index is 748. The molecule has 2 aromatic carbocycles. The Kier molecular flexibility index (Phi) is 2.20. The van der Waals surface area contributed by atoms with Crippen molar-refractivity contribution in [2.75, 3.05) is 7.11 Å². The fourth-order valence-corrected chi connectivity index (χ4v) is 6.86. The van der Waals surface area contributed by atoms with Gasteiger partial charge >= 0.3 is 120 Å². The molecule has 0 fully saturated rings. The van der Waals surface area contributed by atoms with Gasteiger partial charge < -0.3 is 0 Å². The summed E-state index contributed by atoms with van der Waals surface area (Å²) in [6.45, 7) is 0. The van der Waals surface area contributed by atoms with E-state index in [4.69, 9.17) is 13.6 Å². The van der Waals surface area contributed by atoms with Gasteiger partial charge in [0, 0.05) is 0 Å². The van der Waals surface area contributed by atoms with Gasteiger partial charge in [-0.3, -0.25) is 0 Å². The van der Waals surface area contributed by atoms with Crippen LogP contribution in [0.1, 0.15) is 20.7 Å². The summed E-state index contributed by atoms with van der Waals surface area (Å²) in [6.07, 6.45) is 0. The van der Waals surface area contributed by atoms with E-state index in [9.17, 15) is 9.59 Å². The van der Waals surface area contributed by atoms with E-state index in [1.54, 1.807) is 48.5 Å². The van der Waals surface area contributed by atoms with E-state index in [-0.39, 0.29) is 0 Å². The normalized spacial score (nSPS) is 21.9. The number of benzene rings is 2. The summed E-state index contributed by atoms with van der Waals surface area (Å²) in [5, 5.41) is 1.02. The Balaban J connectivity index is 2.16. The maximum atomic E-state index is 12.2. The summed E-state index contributed by atoms with van der Waals surface area (Å²) in [4.78, 5) is 24.5. The van der Waals surface area contributed by atoms with Crippen LogP contribution in [0, 0.1) is 0 Å². The van der Waals surface area contributed by atoms with Crippen molar-refractivity contribution in [3.05, 3.63) is 59.7 Å². The van der Waals surface area contributed by atoms with E-state index in [0.29, 0.717) is 21.7 Å². The molecular formula is C15H11O5P. The number of hydrogen-bond donors (Lipinski definition) is 0. The molecule has 0 bridgehead atoms. The number of carbonyl (C=O) groups is 2. The Morgan fingerprint density at radius 2 is 1.24 bits per heavy atom. The fourth-order valence-electron chi connectivity index (χ4n) is 2.98. The molecule has 2 heterocycles. The third-order valence-electron chi connectivity index (χ3n) is 3.91. The molecule has 21 heavy (non-hydrogen) atoms. The first kappa shape index (κ1) is 12.5. The van der Waals surface area contributed by atoms with E-state index in [2.05, 4.69) is 0 Å². The molecule has 0 amide bonds. The topological polar surface area (TPSA) is 61.8 Å². The quantitative estimate of drug-likeness (QED) is 0.753. The molecule has 0 aliphatic carbocycles. The molecule has 0 unspecified atom stereocenters. The van der Waals surface area contributed by atoms with E-state index >= 15 is 0 Å². The average molecular weight is 302 g/mol.